The molecular weight excluding hydrogens is 339 g/mol. The Labute approximate surface area is 148 Å². The van der Waals surface area contributed by atoms with Crippen molar-refractivity contribution in [3.63, 3.8) is 0 Å². The number of anilines is 2. The molecule has 0 aliphatic carbocycles. The molecule has 3 rings (SSSR count). The zero-order chi connectivity index (χ0) is 17.8. The van der Waals surface area contributed by atoms with Crippen molar-refractivity contribution < 1.29 is 14.0 Å². The lowest BCUT2D eigenvalue weighted by molar-refractivity contribution is 0.102. The third kappa shape index (κ3) is 4.10. The van der Waals surface area contributed by atoms with E-state index in [1.165, 1.54) is 29.5 Å². The van der Waals surface area contributed by atoms with Crippen LogP contribution in [0, 0.1) is 12.7 Å². The zero-order valence-electron chi connectivity index (χ0n) is 13.4. The first-order valence-corrected chi connectivity index (χ1v) is 8.43. The first-order chi connectivity index (χ1) is 12.0. The second-order valence-electron chi connectivity index (χ2n) is 5.42. The third-order valence-electron chi connectivity index (χ3n) is 3.59. The van der Waals surface area contributed by atoms with Crippen LogP contribution < -0.4 is 10.6 Å². The Balaban J connectivity index is 1.67. The molecule has 0 atom stereocenters. The SMILES string of the molecule is Cc1cc(F)ccc1NC(=O)c1ccc(NC(=O)c2cccs2)cc1. The molecule has 0 spiro atoms. The number of carbonyl (C=O) groups is 2. The molecule has 0 saturated carbocycles. The fourth-order valence-electron chi connectivity index (χ4n) is 2.27. The smallest absolute Gasteiger partial charge is 0.265 e. The van der Waals surface area contributed by atoms with Gasteiger partial charge in [-0.3, -0.25) is 9.59 Å². The number of nitrogens with one attached hydrogen (secondary N) is 2. The minimum atomic E-state index is -0.346. The Kier molecular flexibility index (Phi) is 4.90. The number of rotatable bonds is 4. The molecule has 0 bridgehead atoms. The van der Waals surface area contributed by atoms with Gasteiger partial charge in [0.15, 0.2) is 0 Å². The summed E-state index contributed by atoms with van der Waals surface area (Å²) in [5.41, 5.74) is 2.25. The van der Waals surface area contributed by atoms with Crippen LogP contribution in [0.1, 0.15) is 25.6 Å². The Bertz CT molecular complexity index is 906. The van der Waals surface area contributed by atoms with Gasteiger partial charge in [-0.1, -0.05) is 6.07 Å². The van der Waals surface area contributed by atoms with Gasteiger partial charge >= 0.3 is 0 Å². The maximum atomic E-state index is 13.1. The van der Waals surface area contributed by atoms with Crippen LogP contribution in [-0.2, 0) is 0 Å². The minimum Gasteiger partial charge on any atom is -0.322 e. The van der Waals surface area contributed by atoms with E-state index in [9.17, 15) is 14.0 Å². The summed E-state index contributed by atoms with van der Waals surface area (Å²) in [5, 5.41) is 7.35. The molecule has 0 radical (unpaired) electrons. The van der Waals surface area contributed by atoms with E-state index in [0.29, 0.717) is 27.4 Å². The number of amides is 2. The predicted octanol–water partition coefficient (Wildman–Crippen LogP) is 4.70. The molecule has 2 amide bonds. The van der Waals surface area contributed by atoms with Crippen molar-refractivity contribution >= 4 is 34.5 Å². The average molecular weight is 354 g/mol. The fraction of sp³-hybridized carbons (Fsp3) is 0.0526. The molecule has 2 aromatic carbocycles. The number of benzene rings is 2. The highest BCUT2D eigenvalue weighted by molar-refractivity contribution is 7.12. The normalized spacial score (nSPS) is 10.3. The van der Waals surface area contributed by atoms with Crippen LogP contribution in [0.3, 0.4) is 0 Å². The molecule has 6 heteroatoms. The summed E-state index contributed by atoms with van der Waals surface area (Å²) >= 11 is 1.36. The van der Waals surface area contributed by atoms with Crippen molar-refractivity contribution in [2.24, 2.45) is 0 Å². The molecular formula is C19H15FN2O2S. The lowest BCUT2D eigenvalue weighted by atomic mass is 10.1. The summed E-state index contributed by atoms with van der Waals surface area (Å²) in [6.07, 6.45) is 0. The van der Waals surface area contributed by atoms with Crippen LogP contribution in [0.2, 0.25) is 0 Å². The molecule has 4 nitrogen and oxygen atoms in total. The maximum Gasteiger partial charge on any atom is 0.265 e. The second-order valence-corrected chi connectivity index (χ2v) is 6.37. The van der Waals surface area contributed by atoms with Gasteiger partial charge in [-0.2, -0.15) is 0 Å². The predicted molar refractivity (Wildman–Crippen MR) is 97.8 cm³/mol. The van der Waals surface area contributed by atoms with Gasteiger partial charge in [0, 0.05) is 16.9 Å². The van der Waals surface area contributed by atoms with E-state index >= 15 is 0 Å². The van der Waals surface area contributed by atoms with Crippen LogP contribution in [-0.4, -0.2) is 11.8 Å². The van der Waals surface area contributed by atoms with Crippen molar-refractivity contribution in [3.05, 3.63) is 81.8 Å². The number of hydrogen-bond acceptors (Lipinski definition) is 3. The molecule has 1 aromatic heterocycles. The van der Waals surface area contributed by atoms with Crippen LogP contribution in [0.15, 0.2) is 60.0 Å². The van der Waals surface area contributed by atoms with Gasteiger partial charge in [-0.25, -0.2) is 4.39 Å². The summed E-state index contributed by atoms with van der Waals surface area (Å²) in [6.45, 7) is 1.72. The van der Waals surface area contributed by atoms with Gasteiger partial charge < -0.3 is 10.6 Å². The zero-order valence-corrected chi connectivity index (χ0v) is 14.2. The van der Waals surface area contributed by atoms with Gasteiger partial charge in [-0.05, 0) is 66.4 Å². The summed E-state index contributed by atoms with van der Waals surface area (Å²) < 4.78 is 13.1. The largest absolute Gasteiger partial charge is 0.322 e. The van der Waals surface area contributed by atoms with Crippen molar-refractivity contribution in [2.75, 3.05) is 10.6 Å². The van der Waals surface area contributed by atoms with E-state index in [1.54, 1.807) is 37.3 Å². The first kappa shape index (κ1) is 16.9. The van der Waals surface area contributed by atoms with E-state index in [2.05, 4.69) is 10.6 Å². The highest BCUT2D eigenvalue weighted by Gasteiger charge is 2.10. The van der Waals surface area contributed by atoms with Crippen molar-refractivity contribution in [3.8, 4) is 0 Å². The quantitative estimate of drug-likeness (QED) is 0.713. The molecule has 2 N–H and O–H groups in total. The van der Waals surface area contributed by atoms with Crippen LogP contribution in [0.4, 0.5) is 15.8 Å². The van der Waals surface area contributed by atoms with Crippen molar-refractivity contribution in [1.29, 1.82) is 0 Å². The van der Waals surface area contributed by atoms with E-state index in [4.69, 9.17) is 0 Å². The molecule has 126 valence electrons. The molecule has 0 aliphatic heterocycles. The monoisotopic (exact) mass is 354 g/mol. The Morgan fingerprint density at radius 3 is 2.36 bits per heavy atom. The summed E-state index contributed by atoms with van der Waals surface area (Å²) in [4.78, 5) is 24.9. The van der Waals surface area contributed by atoms with Crippen LogP contribution >= 0.6 is 11.3 Å². The van der Waals surface area contributed by atoms with E-state index in [1.807, 2.05) is 11.4 Å². The first-order valence-electron chi connectivity index (χ1n) is 7.55. The van der Waals surface area contributed by atoms with Crippen LogP contribution in [0.25, 0.3) is 0 Å². The Hall–Kier alpha value is -2.99. The Morgan fingerprint density at radius 2 is 1.72 bits per heavy atom. The third-order valence-corrected chi connectivity index (χ3v) is 4.46. The molecule has 25 heavy (non-hydrogen) atoms. The topological polar surface area (TPSA) is 58.2 Å². The lowest BCUT2D eigenvalue weighted by Gasteiger charge is -2.09. The number of hydrogen-bond donors (Lipinski definition) is 2. The van der Waals surface area contributed by atoms with Gasteiger partial charge in [0.25, 0.3) is 11.8 Å². The molecule has 0 unspecified atom stereocenters. The molecule has 0 aliphatic rings. The molecule has 3 aromatic rings. The fourth-order valence-corrected chi connectivity index (χ4v) is 2.89. The van der Waals surface area contributed by atoms with Crippen molar-refractivity contribution in [1.82, 2.24) is 0 Å². The van der Waals surface area contributed by atoms with Gasteiger partial charge in [0.2, 0.25) is 0 Å². The molecule has 0 fully saturated rings. The second kappa shape index (κ2) is 7.27. The highest BCUT2D eigenvalue weighted by Crippen LogP contribution is 2.18. The van der Waals surface area contributed by atoms with Crippen molar-refractivity contribution in [2.45, 2.75) is 6.92 Å². The van der Waals surface area contributed by atoms with Gasteiger partial charge in [0.05, 0.1) is 4.88 Å². The molecule has 0 saturated heterocycles. The summed E-state index contributed by atoms with van der Waals surface area (Å²) in [7, 11) is 0. The molecule has 1 heterocycles. The maximum absolute atomic E-state index is 13.1. The Morgan fingerprint density at radius 1 is 0.960 bits per heavy atom. The van der Waals surface area contributed by atoms with Gasteiger partial charge in [0.1, 0.15) is 5.82 Å². The summed E-state index contributed by atoms with van der Waals surface area (Å²) in [5.74, 6) is -0.832. The number of carbonyl (C=O) groups excluding carboxylic acids is 2. The van der Waals surface area contributed by atoms with E-state index < -0.39 is 0 Å². The van der Waals surface area contributed by atoms with Crippen LogP contribution in [0.5, 0.6) is 0 Å². The van der Waals surface area contributed by atoms with E-state index in [0.717, 1.165) is 0 Å². The standard InChI is InChI=1S/C19H15FN2O2S/c1-12-11-14(20)6-9-16(12)22-18(23)13-4-7-15(8-5-13)21-19(24)17-3-2-10-25-17/h2-11H,1H3,(H,21,24)(H,22,23). The number of halogens is 1. The number of thiophene rings is 1. The average Bonchev–Trinajstić information content (AvgIpc) is 3.13. The lowest BCUT2D eigenvalue weighted by Crippen LogP contribution is -2.13. The number of aryl methyl sites for hydroxylation is 1. The highest BCUT2D eigenvalue weighted by atomic mass is 32.1. The van der Waals surface area contributed by atoms with E-state index in [-0.39, 0.29) is 17.6 Å². The minimum absolute atomic E-state index is 0.186. The summed E-state index contributed by atoms with van der Waals surface area (Å²) in [6, 6.07) is 14.3. The van der Waals surface area contributed by atoms with Gasteiger partial charge in [-0.15, -0.1) is 11.3 Å².